The Morgan fingerprint density at radius 1 is 2.00 bits per heavy atom. The van der Waals surface area contributed by atoms with Gasteiger partial charge in [-0.1, -0.05) is 0 Å². The standard InChI is InChI=1S/C2H4ClNO3/c3-7-1(4)2(5)6/h1H,4H2,(H,5,6). The average Bonchev–Trinajstić information content (AvgIpc) is 1.65. The minimum Gasteiger partial charge on any atom is -0.478 e. The molecule has 0 rings (SSSR count). The molecule has 0 saturated carbocycles. The lowest BCUT2D eigenvalue weighted by molar-refractivity contribution is -0.144. The molecule has 0 saturated heterocycles. The summed E-state index contributed by atoms with van der Waals surface area (Å²) in [6.45, 7) is 0. The number of hydrogen-bond acceptors (Lipinski definition) is 3. The first-order valence-electron chi connectivity index (χ1n) is 1.44. The van der Waals surface area contributed by atoms with Gasteiger partial charge in [-0.3, -0.25) is 5.73 Å². The van der Waals surface area contributed by atoms with Crippen LogP contribution in [0.1, 0.15) is 0 Å². The van der Waals surface area contributed by atoms with E-state index in [1.54, 1.807) is 0 Å². The zero-order chi connectivity index (χ0) is 5.86. The van der Waals surface area contributed by atoms with Crippen molar-refractivity contribution in [3.63, 3.8) is 0 Å². The number of carbonyl (C=O) groups is 1. The molecule has 0 bridgehead atoms. The quantitative estimate of drug-likeness (QED) is 0.489. The van der Waals surface area contributed by atoms with E-state index in [4.69, 9.17) is 5.11 Å². The van der Waals surface area contributed by atoms with Crippen LogP contribution in [0.25, 0.3) is 0 Å². The predicted octanol–water partition coefficient (Wildman–Crippen LogP) is -0.474. The first-order chi connectivity index (χ1) is 3.18. The number of carboxylic acid groups (broad SMARTS) is 1. The molecule has 42 valence electrons. The summed E-state index contributed by atoms with van der Waals surface area (Å²) in [6.07, 6.45) is -1.42. The molecule has 0 fully saturated rings. The van der Waals surface area contributed by atoms with E-state index in [0.717, 1.165) is 0 Å². The Morgan fingerprint density at radius 3 is 2.43 bits per heavy atom. The molecule has 1 atom stereocenters. The second kappa shape index (κ2) is 2.79. The van der Waals surface area contributed by atoms with Crippen LogP contribution in [0.15, 0.2) is 0 Å². The van der Waals surface area contributed by atoms with Crippen molar-refractivity contribution in [2.75, 3.05) is 0 Å². The van der Waals surface area contributed by atoms with Gasteiger partial charge in [0.05, 0.1) is 11.9 Å². The molecule has 0 aromatic carbocycles. The fraction of sp³-hybridized carbons (Fsp3) is 0.500. The van der Waals surface area contributed by atoms with Gasteiger partial charge < -0.3 is 5.11 Å². The number of halogens is 1. The summed E-state index contributed by atoms with van der Waals surface area (Å²) in [5.41, 5.74) is 4.66. The molecule has 0 spiro atoms. The molecular formula is C2H4ClNO3. The Balaban J connectivity index is 3.34. The van der Waals surface area contributed by atoms with Crippen molar-refractivity contribution in [1.29, 1.82) is 0 Å². The molecule has 0 aromatic rings. The average molecular weight is 126 g/mol. The maximum absolute atomic E-state index is 9.60. The molecule has 4 nitrogen and oxygen atoms in total. The number of aliphatic carboxylic acids is 1. The largest absolute Gasteiger partial charge is 0.478 e. The fourth-order valence-electron chi connectivity index (χ4n) is 0.0381. The van der Waals surface area contributed by atoms with E-state index < -0.39 is 12.2 Å². The molecule has 1 unspecified atom stereocenters. The van der Waals surface area contributed by atoms with Gasteiger partial charge in [-0.25, -0.2) is 9.08 Å². The minimum atomic E-state index is -1.42. The number of carboxylic acids is 1. The van der Waals surface area contributed by atoms with Gasteiger partial charge in [0.2, 0.25) is 6.23 Å². The van der Waals surface area contributed by atoms with Gasteiger partial charge in [-0.05, 0) is 0 Å². The second-order valence-corrected chi connectivity index (χ2v) is 1.03. The highest BCUT2D eigenvalue weighted by molar-refractivity contribution is 6.08. The van der Waals surface area contributed by atoms with E-state index in [2.05, 4.69) is 21.9 Å². The van der Waals surface area contributed by atoms with Crippen molar-refractivity contribution < 1.29 is 14.2 Å². The van der Waals surface area contributed by atoms with Gasteiger partial charge >= 0.3 is 5.97 Å². The summed E-state index contributed by atoms with van der Waals surface area (Å²) in [7, 11) is 0. The Morgan fingerprint density at radius 2 is 2.43 bits per heavy atom. The molecule has 7 heavy (non-hydrogen) atoms. The topological polar surface area (TPSA) is 72.5 Å². The number of nitrogens with two attached hydrogens (primary N) is 1. The molecule has 0 aromatic heterocycles. The van der Waals surface area contributed by atoms with Crippen molar-refractivity contribution in [1.82, 2.24) is 0 Å². The maximum atomic E-state index is 9.60. The summed E-state index contributed by atoms with van der Waals surface area (Å²) in [5, 5.41) is 7.85. The van der Waals surface area contributed by atoms with Crippen molar-refractivity contribution in [3.05, 3.63) is 0 Å². The molecule has 0 radical (unpaired) electrons. The first-order valence-corrected chi connectivity index (χ1v) is 1.75. The van der Waals surface area contributed by atoms with Crippen LogP contribution in [-0.2, 0) is 9.08 Å². The highest BCUT2D eigenvalue weighted by atomic mass is 35.5. The molecule has 5 heteroatoms. The Bertz CT molecular complexity index is 75.3. The van der Waals surface area contributed by atoms with E-state index in [0.29, 0.717) is 0 Å². The Kier molecular flexibility index (Phi) is 2.66. The lowest BCUT2D eigenvalue weighted by Crippen LogP contribution is -2.29. The smallest absolute Gasteiger partial charge is 0.349 e. The van der Waals surface area contributed by atoms with Crippen LogP contribution in [0.2, 0.25) is 0 Å². The van der Waals surface area contributed by atoms with Gasteiger partial charge in [0.25, 0.3) is 0 Å². The van der Waals surface area contributed by atoms with Crippen molar-refractivity contribution >= 4 is 17.8 Å². The van der Waals surface area contributed by atoms with E-state index in [1.165, 1.54) is 0 Å². The zero-order valence-electron chi connectivity index (χ0n) is 3.30. The van der Waals surface area contributed by atoms with Crippen LogP contribution in [-0.4, -0.2) is 17.3 Å². The van der Waals surface area contributed by atoms with E-state index >= 15 is 0 Å². The monoisotopic (exact) mass is 125 g/mol. The van der Waals surface area contributed by atoms with Crippen molar-refractivity contribution in [3.8, 4) is 0 Å². The molecular weight excluding hydrogens is 121 g/mol. The van der Waals surface area contributed by atoms with Crippen LogP contribution in [0.4, 0.5) is 0 Å². The van der Waals surface area contributed by atoms with Gasteiger partial charge in [0.15, 0.2) is 0 Å². The van der Waals surface area contributed by atoms with E-state index in [9.17, 15) is 4.79 Å². The maximum Gasteiger partial charge on any atom is 0.349 e. The lowest BCUT2D eigenvalue weighted by atomic mass is 10.6. The number of rotatable bonds is 2. The molecule has 0 aliphatic heterocycles. The van der Waals surface area contributed by atoms with Crippen LogP contribution in [0.3, 0.4) is 0 Å². The SMILES string of the molecule is NC(OCl)C(=O)O. The Labute approximate surface area is 45.0 Å². The normalized spacial score (nSPS) is 13.4. The molecule has 0 aliphatic carbocycles. The third-order valence-electron chi connectivity index (χ3n) is 0.339. The summed E-state index contributed by atoms with van der Waals surface area (Å²) in [4.78, 5) is 9.60. The van der Waals surface area contributed by atoms with E-state index in [1.807, 2.05) is 0 Å². The second-order valence-electron chi connectivity index (χ2n) is 0.848. The zero-order valence-corrected chi connectivity index (χ0v) is 4.05. The van der Waals surface area contributed by atoms with Crippen LogP contribution >= 0.6 is 11.9 Å². The number of hydrogen-bond donors (Lipinski definition) is 2. The van der Waals surface area contributed by atoms with Gasteiger partial charge in [0.1, 0.15) is 0 Å². The highest BCUT2D eigenvalue weighted by Crippen LogP contribution is 1.84. The summed E-state index contributed by atoms with van der Waals surface area (Å²) in [5.74, 6) is -1.28. The molecule has 0 amide bonds. The molecule has 3 N–H and O–H groups in total. The first kappa shape index (κ1) is 6.68. The van der Waals surface area contributed by atoms with Crippen LogP contribution in [0, 0.1) is 0 Å². The third kappa shape index (κ3) is 2.38. The van der Waals surface area contributed by atoms with E-state index in [-0.39, 0.29) is 0 Å². The predicted molar refractivity (Wildman–Crippen MR) is 22.5 cm³/mol. The lowest BCUT2D eigenvalue weighted by Gasteiger charge is -1.95. The Hall–Kier alpha value is -0.320. The molecule has 0 aliphatic rings. The van der Waals surface area contributed by atoms with Crippen LogP contribution in [0.5, 0.6) is 0 Å². The van der Waals surface area contributed by atoms with Gasteiger partial charge in [-0.15, -0.1) is 0 Å². The van der Waals surface area contributed by atoms with Crippen molar-refractivity contribution in [2.24, 2.45) is 5.73 Å². The molecule has 0 heterocycles. The van der Waals surface area contributed by atoms with Gasteiger partial charge in [-0.2, -0.15) is 0 Å². The summed E-state index contributed by atoms with van der Waals surface area (Å²) in [6, 6.07) is 0. The minimum absolute atomic E-state index is 1.28. The third-order valence-corrected chi connectivity index (χ3v) is 0.531. The van der Waals surface area contributed by atoms with Crippen molar-refractivity contribution in [2.45, 2.75) is 6.23 Å². The highest BCUT2D eigenvalue weighted by Gasteiger charge is 2.08. The van der Waals surface area contributed by atoms with Gasteiger partial charge in [0, 0.05) is 0 Å². The van der Waals surface area contributed by atoms with Crippen LogP contribution < -0.4 is 5.73 Å². The summed E-state index contributed by atoms with van der Waals surface area (Å²) < 4.78 is 3.66. The summed E-state index contributed by atoms with van der Waals surface area (Å²) >= 11 is 4.54. The fourth-order valence-corrected chi connectivity index (χ4v) is 0.114.